The molecule has 0 fully saturated rings. The van der Waals surface area contributed by atoms with Gasteiger partial charge in [0.1, 0.15) is 5.75 Å². The van der Waals surface area contributed by atoms with E-state index in [1.54, 1.807) is 0 Å². The second-order valence-electron chi connectivity index (χ2n) is 6.00. The predicted molar refractivity (Wildman–Crippen MR) is 105 cm³/mol. The molecule has 1 N–H and O–H groups in total. The van der Waals surface area contributed by atoms with Crippen molar-refractivity contribution < 1.29 is 22.7 Å². The second-order valence-corrected chi connectivity index (χ2v) is 8.15. The van der Waals surface area contributed by atoms with E-state index in [1.807, 2.05) is 24.4 Å². The topological polar surface area (TPSA) is 51.2 Å². The maximum absolute atomic E-state index is 13.1. The van der Waals surface area contributed by atoms with E-state index in [9.17, 15) is 18.0 Å². The van der Waals surface area contributed by atoms with Crippen LogP contribution in [0.1, 0.15) is 10.6 Å². The monoisotopic (exact) mass is 422 g/mol. The molecular formula is C19H13F3N2O2S2. The second kappa shape index (κ2) is 7.06. The minimum absolute atomic E-state index is 0.294. The molecule has 0 aliphatic carbocycles. The van der Waals surface area contributed by atoms with Crippen LogP contribution in [-0.4, -0.2) is 17.5 Å². The minimum Gasteiger partial charge on any atom is -0.483 e. The number of para-hydroxylation sites is 1. The molecule has 4 rings (SSSR count). The van der Waals surface area contributed by atoms with Crippen LogP contribution in [-0.2, 0) is 11.0 Å². The number of nitrogens with zero attached hydrogens (tertiary/aromatic N) is 1. The zero-order valence-electron chi connectivity index (χ0n) is 14.5. The van der Waals surface area contributed by atoms with Gasteiger partial charge in [-0.05, 0) is 30.5 Å². The van der Waals surface area contributed by atoms with Gasteiger partial charge < -0.3 is 10.1 Å². The van der Waals surface area contributed by atoms with E-state index in [0.29, 0.717) is 5.75 Å². The lowest BCUT2D eigenvalue weighted by molar-refractivity contribution is -0.137. The summed E-state index contributed by atoms with van der Waals surface area (Å²) in [5, 5.41) is 5.93. The van der Waals surface area contributed by atoms with Crippen molar-refractivity contribution in [3.05, 3.63) is 52.3 Å². The summed E-state index contributed by atoms with van der Waals surface area (Å²) in [6, 6.07) is 8.52. The van der Waals surface area contributed by atoms with Crippen LogP contribution in [0.3, 0.4) is 0 Å². The number of anilines is 1. The summed E-state index contributed by atoms with van der Waals surface area (Å²) in [7, 11) is 0. The number of thiophene rings is 1. The lowest BCUT2D eigenvalue weighted by Gasteiger charge is -2.14. The number of halogens is 3. The van der Waals surface area contributed by atoms with Gasteiger partial charge >= 0.3 is 6.18 Å². The van der Waals surface area contributed by atoms with Crippen molar-refractivity contribution in [3.63, 3.8) is 0 Å². The first-order valence-corrected chi connectivity index (χ1v) is 9.89. The fourth-order valence-electron chi connectivity index (χ4n) is 2.88. The summed E-state index contributed by atoms with van der Waals surface area (Å²) in [6.45, 7) is 1.51. The van der Waals surface area contributed by atoms with Crippen molar-refractivity contribution in [1.82, 2.24) is 4.98 Å². The van der Waals surface area contributed by atoms with Crippen molar-refractivity contribution in [2.75, 3.05) is 11.9 Å². The van der Waals surface area contributed by atoms with Crippen LogP contribution in [0, 0.1) is 6.92 Å². The molecule has 0 aliphatic heterocycles. The quantitative estimate of drug-likeness (QED) is 0.448. The largest absolute Gasteiger partial charge is 0.483 e. The Balaban J connectivity index is 1.55. The molecule has 0 aliphatic rings. The first-order chi connectivity index (χ1) is 13.3. The Morgan fingerprint density at radius 2 is 2.04 bits per heavy atom. The highest BCUT2D eigenvalue weighted by atomic mass is 32.1. The van der Waals surface area contributed by atoms with Gasteiger partial charge in [-0.25, -0.2) is 4.98 Å². The average Bonchev–Trinajstić information content (AvgIpc) is 3.25. The SMILES string of the molecule is Cc1nc2c(cc(OCC(=O)Nc3ccccc3C(F)(F)F)c3ccsc32)s1. The molecule has 0 atom stereocenters. The average molecular weight is 422 g/mol. The van der Waals surface area contributed by atoms with Gasteiger partial charge in [0.2, 0.25) is 0 Å². The number of amides is 1. The summed E-state index contributed by atoms with van der Waals surface area (Å²) < 4.78 is 46.7. The Morgan fingerprint density at radius 1 is 1.25 bits per heavy atom. The van der Waals surface area contributed by atoms with E-state index in [4.69, 9.17) is 4.74 Å². The van der Waals surface area contributed by atoms with E-state index in [1.165, 1.54) is 40.9 Å². The molecule has 144 valence electrons. The van der Waals surface area contributed by atoms with Crippen molar-refractivity contribution in [1.29, 1.82) is 0 Å². The number of benzene rings is 2. The Labute approximate surface area is 165 Å². The first-order valence-electron chi connectivity index (χ1n) is 8.19. The zero-order chi connectivity index (χ0) is 19.9. The van der Waals surface area contributed by atoms with Crippen LogP contribution in [0.2, 0.25) is 0 Å². The third kappa shape index (κ3) is 3.55. The first kappa shape index (κ1) is 18.7. The molecule has 0 saturated heterocycles. The third-order valence-corrected chi connectivity index (χ3v) is 5.87. The number of nitrogens with one attached hydrogen (secondary N) is 1. The summed E-state index contributed by atoms with van der Waals surface area (Å²) in [6.07, 6.45) is -4.55. The summed E-state index contributed by atoms with van der Waals surface area (Å²) in [5.74, 6) is -0.160. The number of hydrogen-bond donors (Lipinski definition) is 1. The van der Waals surface area contributed by atoms with E-state index in [0.717, 1.165) is 31.4 Å². The van der Waals surface area contributed by atoms with Crippen LogP contribution in [0.5, 0.6) is 5.75 Å². The van der Waals surface area contributed by atoms with Crippen LogP contribution >= 0.6 is 22.7 Å². The van der Waals surface area contributed by atoms with Gasteiger partial charge in [0.25, 0.3) is 5.91 Å². The highest BCUT2D eigenvalue weighted by Crippen LogP contribution is 2.39. The van der Waals surface area contributed by atoms with Gasteiger partial charge in [0, 0.05) is 11.5 Å². The van der Waals surface area contributed by atoms with Crippen molar-refractivity contribution in [3.8, 4) is 5.75 Å². The van der Waals surface area contributed by atoms with Crippen LogP contribution < -0.4 is 10.1 Å². The van der Waals surface area contributed by atoms with E-state index >= 15 is 0 Å². The fraction of sp³-hybridized carbons (Fsp3) is 0.158. The Kier molecular flexibility index (Phi) is 4.72. The number of fused-ring (bicyclic) bond motifs is 3. The molecule has 2 aromatic heterocycles. The molecule has 28 heavy (non-hydrogen) atoms. The molecule has 0 radical (unpaired) electrons. The standard InChI is InChI=1S/C19H13F3N2O2S2/c1-10-23-17-15(28-10)8-14(11-6-7-27-18(11)17)26-9-16(25)24-13-5-3-2-4-12(13)19(20,21)22/h2-8H,9H2,1H3,(H,24,25). The highest BCUT2D eigenvalue weighted by molar-refractivity contribution is 7.21. The summed E-state index contributed by atoms with van der Waals surface area (Å²) >= 11 is 3.04. The smallest absolute Gasteiger partial charge is 0.418 e. The molecule has 2 heterocycles. The van der Waals surface area contributed by atoms with Gasteiger partial charge in [-0.1, -0.05) is 12.1 Å². The fourth-order valence-corrected chi connectivity index (χ4v) is 4.71. The molecule has 0 saturated carbocycles. The van der Waals surface area contributed by atoms with Gasteiger partial charge in [0.15, 0.2) is 6.61 Å². The number of alkyl halides is 3. The molecule has 0 bridgehead atoms. The van der Waals surface area contributed by atoms with Crippen molar-refractivity contribution >= 4 is 54.6 Å². The normalized spacial score (nSPS) is 11.9. The molecule has 2 aromatic carbocycles. The maximum Gasteiger partial charge on any atom is 0.418 e. The summed E-state index contributed by atoms with van der Waals surface area (Å²) in [5.41, 5.74) is -0.300. The molecule has 4 nitrogen and oxygen atoms in total. The number of carbonyl (C=O) groups is 1. The van der Waals surface area contributed by atoms with Gasteiger partial charge in [-0.3, -0.25) is 4.79 Å². The lowest BCUT2D eigenvalue weighted by Crippen LogP contribution is -2.22. The maximum atomic E-state index is 13.1. The van der Waals surface area contributed by atoms with E-state index in [-0.39, 0.29) is 5.69 Å². The number of carbonyl (C=O) groups excluding carboxylic acids is 1. The summed E-state index contributed by atoms with van der Waals surface area (Å²) in [4.78, 5) is 16.7. The number of hydrogen-bond acceptors (Lipinski definition) is 5. The van der Waals surface area contributed by atoms with Crippen LogP contribution in [0.15, 0.2) is 41.8 Å². The number of thiazole rings is 1. The number of rotatable bonds is 4. The van der Waals surface area contributed by atoms with Crippen LogP contribution in [0.25, 0.3) is 20.3 Å². The Hall–Kier alpha value is -2.65. The molecule has 0 unspecified atom stereocenters. The highest BCUT2D eigenvalue weighted by Gasteiger charge is 2.33. The van der Waals surface area contributed by atoms with E-state index in [2.05, 4.69) is 10.3 Å². The Morgan fingerprint density at radius 3 is 2.82 bits per heavy atom. The van der Waals surface area contributed by atoms with Crippen molar-refractivity contribution in [2.45, 2.75) is 13.1 Å². The number of aromatic nitrogens is 1. The number of ether oxygens (including phenoxy) is 1. The molecule has 0 spiro atoms. The van der Waals surface area contributed by atoms with Gasteiger partial charge in [-0.2, -0.15) is 13.2 Å². The molecule has 1 amide bonds. The number of aryl methyl sites for hydroxylation is 1. The van der Waals surface area contributed by atoms with Gasteiger partial charge in [-0.15, -0.1) is 22.7 Å². The molecular weight excluding hydrogens is 409 g/mol. The van der Waals surface area contributed by atoms with Gasteiger partial charge in [0.05, 0.1) is 31.2 Å². The zero-order valence-corrected chi connectivity index (χ0v) is 16.1. The van der Waals surface area contributed by atoms with Crippen molar-refractivity contribution in [2.24, 2.45) is 0 Å². The minimum atomic E-state index is -4.55. The molecule has 4 aromatic rings. The third-order valence-electron chi connectivity index (χ3n) is 4.03. The Bertz CT molecular complexity index is 1180. The predicted octanol–water partition coefficient (Wildman–Crippen LogP) is 5.86. The van der Waals surface area contributed by atoms with E-state index < -0.39 is 24.3 Å². The van der Waals surface area contributed by atoms with Crippen LogP contribution in [0.4, 0.5) is 18.9 Å². The molecule has 9 heteroatoms. The lowest BCUT2D eigenvalue weighted by atomic mass is 10.1.